The lowest BCUT2D eigenvalue weighted by molar-refractivity contribution is 0.173. The van der Waals surface area contributed by atoms with Crippen LogP contribution in [0.4, 0.5) is 0 Å². The molecule has 0 bridgehead atoms. The van der Waals surface area contributed by atoms with Crippen LogP contribution < -0.4 is 0 Å². The summed E-state index contributed by atoms with van der Waals surface area (Å²) in [6.07, 6.45) is 4.96. The molecule has 84 valence electrons. The first-order valence-electron chi connectivity index (χ1n) is 5.34. The second-order valence-electron chi connectivity index (χ2n) is 3.93. The Morgan fingerprint density at radius 2 is 2.20 bits per heavy atom. The molecule has 1 saturated carbocycles. The largest absolute Gasteiger partial charge is 0.378 e. The number of hydrogen-bond acceptors (Lipinski definition) is 3. The molecule has 0 N–H and O–H groups in total. The van der Waals surface area contributed by atoms with E-state index in [1.54, 1.807) is 7.11 Å². The van der Waals surface area contributed by atoms with Gasteiger partial charge in [-0.2, -0.15) is 0 Å². The lowest BCUT2D eigenvalue weighted by Gasteiger charge is -2.12. The Hall–Kier alpha value is -0.610. The van der Waals surface area contributed by atoms with Crippen LogP contribution in [-0.2, 0) is 17.2 Å². The summed E-state index contributed by atoms with van der Waals surface area (Å²) in [7, 11) is 1.68. The summed E-state index contributed by atoms with van der Waals surface area (Å²) in [5, 5.41) is 8.29. The third-order valence-corrected chi connectivity index (χ3v) is 3.20. The smallest absolute Gasteiger partial charge is 0.103 e. The summed E-state index contributed by atoms with van der Waals surface area (Å²) in [6.45, 7) is 0.547. The molecule has 2 rings (SSSR count). The molecule has 1 aromatic rings. The minimum atomic E-state index is 0.408. The second kappa shape index (κ2) is 4.94. The maximum absolute atomic E-state index is 5.82. The normalized spacial score (nSPS) is 17.5. The van der Waals surface area contributed by atoms with E-state index in [4.69, 9.17) is 16.3 Å². The predicted molar refractivity (Wildman–Crippen MR) is 57.8 cm³/mol. The topological polar surface area (TPSA) is 39.9 Å². The fourth-order valence-corrected chi connectivity index (χ4v) is 2.39. The van der Waals surface area contributed by atoms with Gasteiger partial charge in [0.2, 0.25) is 0 Å². The van der Waals surface area contributed by atoms with Crippen molar-refractivity contribution in [1.29, 1.82) is 0 Å². The molecule has 4 nitrogen and oxygen atoms in total. The zero-order valence-electron chi connectivity index (χ0n) is 8.95. The van der Waals surface area contributed by atoms with Crippen molar-refractivity contribution in [3.8, 4) is 0 Å². The Morgan fingerprint density at radius 1 is 1.47 bits per heavy atom. The van der Waals surface area contributed by atoms with Crippen molar-refractivity contribution in [1.82, 2.24) is 15.0 Å². The van der Waals surface area contributed by atoms with Gasteiger partial charge in [0.15, 0.2) is 0 Å². The quantitative estimate of drug-likeness (QED) is 0.744. The molecule has 1 heterocycles. The molecule has 0 aromatic carbocycles. The zero-order chi connectivity index (χ0) is 10.7. The van der Waals surface area contributed by atoms with Crippen molar-refractivity contribution in [3.63, 3.8) is 0 Å². The minimum absolute atomic E-state index is 0.408. The van der Waals surface area contributed by atoms with Crippen LogP contribution in [0.25, 0.3) is 0 Å². The second-order valence-corrected chi connectivity index (χ2v) is 4.20. The van der Waals surface area contributed by atoms with E-state index < -0.39 is 0 Å². The maximum Gasteiger partial charge on any atom is 0.103 e. The van der Waals surface area contributed by atoms with Crippen LogP contribution in [0.3, 0.4) is 0 Å². The molecule has 1 aliphatic carbocycles. The van der Waals surface area contributed by atoms with E-state index in [1.165, 1.54) is 25.7 Å². The van der Waals surface area contributed by atoms with Crippen molar-refractivity contribution in [2.45, 2.75) is 44.2 Å². The highest BCUT2D eigenvalue weighted by molar-refractivity contribution is 6.16. The Kier molecular flexibility index (Phi) is 3.59. The zero-order valence-corrected chi connectivity index (χ0v) is 9.70. The molecule has 0 radical (unpaired) electrons. The van der Waals surface area contributed by atoms with Crippen molar-refractivity contribution < 1.29 is 4.74 Å². The lowest BCUT2D eigenvalue weighted by atomic mass is 10.2. The van der Waals surface area contributed by atoms with Crippen molar-refractivity contribution in [2.75, 3.05) is 7.11 Å². The molecule has 0 atom stereocenters. The highest BCUT2D eigenvalue weighted by atomic mass is 35.5. The monoisotopic (exact) mass is 229 g/mol. The first kappa shape index (κ1) is 10.9. The summed E-state index contributed by atoms with van der Waals surface area (Å²) in [6, 6.07) is 0.500. The van der Waals surface area contributed by atoms with Crippen molar-refractivity contribution >= 4 is 11.6 Å². The van der Waals surface area contributed by atoms with Crippen molar-refractivity contribution in [3.05, 3.63) is 11.4 Å². The minimum Gasteiger partial charge on any atom is -0.378 e. The number of rotatable bonds is 4. The molecule has 1 aromatic heterocycles. The van der Waals surface area contributed by atoms with Gasteiger partial charge in [0, 0.05) is 7.11 Å². The molecular weight excluding hydrogens is 214 g/mol. The first-order valence-corrected chi connectivity index (χ1v) is 5.88. The van der Waals surface area contributed by atoms with E-state index in [-0.39, 0.29) is 0 Å². The number of halogens is 1. The highest BCUT2D eigenvalue weighted by Gasteiger charge is 2.22. The van der Waals surface area contributed by atoms with Crippen LogP contribution in [0, 0.1) is 0 Å². The molecule has 5 heteroatoms. The summed E-state index contributed by atoms with van der Waals surface area (Å²) in [4.78, 5) is 0. The SMILES string of the molecule is COCc1c(CCl)nnn1C1CCCC1. The van der Waals surface area contributed by atoms with E-state index in [1.807, 2.05) is 4.68 Å². The molecule has 1 aliphatic rings. The van der Waals surface area contributed by atoms with E-state index >= 15 is 0 Å². The van der Waals surface area contributed by atoms with Gasteiger partial charge in [-0.3, -0.25) is 0 Å². The predicted octanol–water partition coefficient (Wildman–Crippen LogP) is 2.28. The summed E-state index contributed by atoms with van der Waals surface area (Å²) in [5.74, 6) is 0.408. The number of alkyl halides is 1. The van der Waals surface area contributed by atoms with Crippen molar-refractivity contribution in [2.24, 2.45) is 0 Å². The van der Waals surface area contributed by atoms with Gasteiger partial charge in [-0.15, -0.1) is 16.7 Å². The van der Waals surface area contributed by atoms with Gasteiger partial charge < -0.3 is 4.74 Å². The van der Waals surface area contributed by atoms with Gasteiger partial charge in [-0.05, 0) is 12.8 Å². The number of methoxy groups -OCH3 is 1. The number of nitrogens with zero attached hydrogens (tertiary/aromatic N) is 3. The third-order valence-electron chi connectivity index (χ3n) is 2.95. The Labute approximate surface area is 94.6 Å². The van der Waals surface area contributed by atoms with E-state index in [2.05, 4.69) is 10.3 Å². The molecule has 15 heavy (non-hydrogen) atoms. The molecule has 1 fully saturated rings. The number of aromatic nitrogens is 3. The van der Waals surface area contributed by atoms with Crippen LogP contribution in [0.5, 0.6) is 0 Å². The summed E-state index contributed by atoms with van der Waals surface area (Å²) in [5.41, 5.74) is 1.89. The van der Waals surface area contributed by atoms with E-state index in [0.717, 1.165) is 11.4 Å². The third kappa shape index (κ3) is 2.16. The Bertz CT molecular complexity index is 320. The first-order chi connectivity index (χ1) is 7.36. The number of ether oxygens (including phenoxy) is 1. The van der Waals surface area contributed by atoms with Crippen LogP contribution in [0.1, 0.15) is 43.1 Å². The fourth-order valence-electron chi connectivity index (χ4n) is 2.18. The highest BCUT2D eigenvalue weighted by Crippen LogP contribution is 2.30. The lowest BCUT2D eigenvalue weighted by Crippen LogP contribution is -2.11. The van der Waals surface area contributed by atoms with Gasteiger partial charge in [0.05, 0.1) is 24.2 Å². The molecule has 0 spiro atoms. The van der Waals surface area contributed by atoms with Crippen LogP contribution in [0.2, 0.25) is 0 Å². The molecular formula is C10H16ClN3O. The summed E-state index contributed by atoms with van der Waals surface area (Å²) < 4.78 is 7.18. The van der Waals surface area contributed by atoms with Gasteiger partial charge in [-0.1, -0.05) is 18.1 Å². The number of hydrogen-bond donors (Lipinski definition) is 0. The summed E-state index contributed by atoms with van der Waals surface area (Å²) >= 11 is 5.82. The van der Waals surface area contributed by atoms with Gasteiger partial charge in [0.25, 0.3) is 0 Å². The van der Waals surface area contributed by atoms with Gasteiger partial charge in [0.1, 0.15) is 5.69 Å². The Balaban J connectivity index is 2.24. The van der Waals surface area contributed by atoms with Crippen LogP contribution in [0.15, 0.2) is 0 Å². The fraction of sp³-hybridized carbons (Fsp3) is 0.800. The van der Waals surface area contributed by atoms with Crippen LogP contribution in [-0.4, -0.2) is 22.1 Å². The average molecular weight is 230 g/mol. The molecule has 0 amide bonds. The standard InChI is InChI=1S/C10H16ClN3O/c1-15-7-10-9(6-11)12-13-14(10)8-4-2-3-5-8/h8H,2-7H2,1H3. The van der Waals surface area contributed by atoms with Gasteiger partial charge >= 0.3 is 0 Å². The molecule has 0 unspecified atom stereocenters. The maximum atomic E-state index is 5.82. The average Bonchev–Trinajstić information content (AvgIpc) is 2.85. The molecule has 0 saturated heterocycles. The van der Waals surface area contributed by atoms with E-state index in [0.29, 0.717) is 18.5 Å². The molecule has 0 aliphatic heterocycles. The Morgan fingerprint density at radius 3 is 2.80 bits per heavy atom. The van der Waals surface area contributed by atoms with E-state index in [9.17, 15) is 0 Å². The van der Waals surface area contributed by atoms with Gasteiger partial charge in [-0.25, -0.2) is 4.68 Å². The van der Waals surface area contributed by atoms with Crippen LogP contribution >= 0.6 is 11.6 Å².